The maximum absolute atomic E-state index is 12.3. The molecule has 2 atom stereocenters. The van der Waals surface area contributed by atoms with Crippen molar-refractivity contribution < 1.29 is 13.2 Å². The molecule has 0 radical (unpaired) electrons. The Balaban J connectivity index is 2.04. The zero-order chi connectivity index (χ0) is 12.5. The topological polar surface area (TPSA) is 54.5 Å². The molecule has 6 heteroatoms. The number of sulfone groups is 1. The first-order chi connectivity index (χ1) is 8.03. The lowest BCUT2D eigenvalue weighted by Gasteiger charge is -2.36. The highest BCUT2D eigenvalue weighted by Crippen LogP contribution is 2.25. The van der Waals surface area contributed by atoms with Gasteiger partial charge in [0.2, 0.25) is 5.91 Å². The average molecular weight is 280 g/mol. The standard InChI is InChI=1S/C11H18ClNO3S/c12-7-10-3-1-2-5-13(10)11(14)9-4-6-17(15,16)8-9/h9-10H,1-8H2. The number of amides is 1. The number of carbonyl (C=O) groups excluding carboxylic acids is 1. The van der Waals surface area contributed by atoms with Crippen LogP contribution in [0.3, 0.4) is 0 Å². The van der Waals surface area contributed by atoms with Crippen LogP contribution in [0.5, 0.6) is 0 Å². The number of rotatable bonds is 2. The van der Waals surface area contributed by atoms with Gasteiger partial charge in [-0.25, -0.2) is 8.42 Å². The molecule has 0 bridgehead atoms. The first kappa shape index (κ1) is 13.1. The Hall–Kier alpha value is -0.290. The molecule has 17 heavy (non-hydrogen) atoms. The molecule has 2 saturated heterocycles. The Kier molecular flexibility index (Phi) is 3.98. The first-order valence-electron chi connectivity index (χ1n) is 6.10. The van der Waals surface area contributed by atoms with Crippen molar-refractivity contribution in [3.63, 3.8) is 0 Å². The summed E-state index contributed by atoms with van der Waals surface area (Å²) in [4.78, 5) is 14.1. The Morgan fingerprint density at radius 2 is 2.06 bits per heavy atom. The summed E-state index contributed by atoms with van der Waals surface area (Å²) >= 11 is 5.87. The van der Waals surface area contributed by atoms with E-state index in [9.17, 15) is 13.2 Å². The van der Waals surface area contributed by atoms with Gasteiger partial charge >= 0.3 is 0 Å². The predicted molar refractivity (Wildman–Crippen MR) is 66.8 cm³/mol. The maximum atomic E-state index is 12.3. The minimum absolute atomic E-state index is 0.00331. The summed E-state index contributed by atoms with van der Waals surface area (Å²) in [6.07, 6.45) is 3.52. The second-order valence-corrected chi connectivity index (χ2v) is 7.47. The summed E-state index contributed by atoms with van der Waals surface area (Å²) in [5.74, 6) is 0.297. The summed E-state index contributed by atoms with van der Waals surface area (Å²) in [5.41, 5.74) is 0. The van der Waals surface area contributed by atoms with E-state index in [-0.39, 0.29) is 29.4 Å². The highest BCUT2D eigenvalue weighted by Gasteiger charge is 2.37. The van der Waals surface area contributed by atoms with Gasteiger partial charge in [-0.3, -0.25) is 4.79 Å². The quantitative estimate of drug-likeness (QED) is 0.710. The van der Waals surface area contributed by atoms with Crippen LogP contribution in [0.2, 0.25) is 0 Å². The number of carbonyl (C=O) groups is 1. The van der Waals surface area contributed by atoms with Gasteiger partial charge in [-0.1, -0.05) is 0 Å². The second-order valence-electron chi connectivity index (χ2n) is 4.94. The summed E-state index contributed by atoms with van der Waals surface area (Å²) in [7, 11) is -2.98. The second kappa shape index (κ2) is 5.14. The van der Waals surface area contributed by atoms with Gasteiger partial charge in [0.05, 0.1) is 17.4 Å². The van der Waals surface area contributed by atoms with Crippen LogP contribution in [0.4, 0.5) is 0 Å². The Labute approximate surface area is 107 Å². The van der Waals surface area contributed by atoms with E-state index < -0.39 is 9.84 Å². The third-order valence-corrected chi connectivity index (χ3v) is 5.79. The van der Waals surface area contributed by atoms with Gasteiger partial charge in [0.15, 0.2) is 9.84 Å². The van der Waals surface area contributed by atoms with Gasteiger partial charge in [-0.15, -0.1) is 11.6 Å². The lowest BCUT2D eigenvalue weighted by Crippen LogP contribution is -2.47. The van der Waals surface area contributed by atoms with E-state index >= 15 is 0 Å². The van der Waals surface area contributed by atoms with Crippen LogP contribution in [-0.2, 0) is 14.6 Å². The number of likely N-dealkylation sites (tertiary alicyclic amines) is 1. The lowest BCUT2D eigenvalue weighted by molar-refractivity contribution is -0.137. The van der Waals surface area contributed by atoms with Crippen LogP contribution in [0.25, 0.3) is 0 Å². The molecule has 2 fully saturated rings. The van der Waals surface area contributed by atoms with Crippen molar-refractivity contribution in [2.45, 2.75) is 31.7 Å². The number of alkyl halides is 1. The minimum Gasteiger partial charge on any atom is -0.338 e. The monoisotopic (exact) mass is 279 g/mol. The van der Waals surface area contributed by atoms with Gasteiger partial charge in [0, 0.05) is 18.5 Å². The highest BCUT2D eigenvalue weighted by atomic mass is 35.5. The molecule has 4 nitrogen and oxygen atoms in total. The van der Waals surface area contributed by atoms with Crippen LogP contribution in [0.1, 0.15) is 25.7 Å². The maximum Gasteiger partial charge on any atom is 0.227 e. The van der Waals surface area contributed by atoms with Gasteiger partial charge < -0.3 is 4.90 Å². The molecule has 2 aliphatic heterocycles. The molecule has 2 heterocycles. The zero-order valence-corrected chi connectivity index (χ0v) is 11.3. The number of hydrogen-bond acceptors (Lipinski definition) is 3. The molecule has 0 spiro atoms. The fourth-order valence-corrected chi connectivity index (χ4v) is 4.73. The van der Waals surface area contributed by atoms with E-state index in [0.717, 1.165) is 25.8 Å². The van der Waals surface area contributed by atoms with Crippen LogP contribution in [0.15, 0.2) is 0 Å². The van der Waals surface area contributed by atoms with Crippen molar-refractivity contribution in [2.75, 3.05) is 23.9 Å². The fourth-order valence-electron chi connectivity index (χ4n) is 2.68. The molecule has 0 N–H and O–H groups in total. The van der Waals surface area contributed by atoms with Crippen LogP contribution >= 0.6 is 11.6 Å². The van der Waals surface area contributed by atoms with Crippen LogP contribution in [0, 0.1) is 5.92 Å². The average Bonchev–Trinajstić information content (AvgIpc) is 2.68. The summed E-state index contributed by atoms with van der Waals surface area (Å²) < 4.78 is 22.8. The SMILES string of the molecule is O=C(C1CCS(=O)(=O)C1)N1CCCCC1CCl. The molecular formula is C11H18ClNO3S. The smallest absolute Gasteiger partial charge is 0.227 e. The normalized spacial score (nSPS) is 32.6. The Morgan fingerprint density at radius 3 is 2.65 bits per heavy atom. The van der Waals surface area contributed by atoms with Gasteiger partial charge in [0.25, 0.3) is 0 Å². The molecule has 0 saturated carbocycles. The van der Waals surface area contributed by atoms with Crippen molar-refractivity contribution in [3.05, 3.63) is 0 Å². The van der Waals surface area contributed by atoms with Crippen LogP contribution in [-0.4, -0.2) is 49.2 Å². The molecule has 0 aromatic carbocycles. The molecule has 2 unspecified atom stereocenters. The lowest BCUT2D eigenvalue weighted by atomic mass is 10.00. The largest absolute Gasteiger partial charge is 0.338 e. The van der Waals surface area contributed by atoms with Gasteiger partial charge in [0.1, 0.15) is 0 Å². The Bertz CT molecular complexity index is 396. The summed E-state index contributed by atoms with van der Waals surface area (Å²) in [6, 6.07) is 0.0984. The first-order valence-corrected chi connectivity index (χ1v) is 8.46. The van der Waals surface area contributed by atoms with E-state index in [4.69, 9.17) is 11.6 Å². The van der Waals surface area contributed by atoms with E-state index in [0.29, 0.717) is 12.3 Å². The summed E-state index contributed by atoms with van der Waals surface area (Å²) in [5, 5.41) is 0. The van der Waals surface area contributed by atoms with E-state index in [2.05, 4.69) is 0 Å². The molecule has 98 valence electrons. The number of nitrogens with zero attached hydrogens (tertiary/aromatic N) is 1. The Morgan fingerprint density at radius 1 is 1.29 bits per heavy atom. The molecular weight excluding hydrogens is 262 g/mol. The fraction of sp³-hybridized carbons (Fsp3) is 0.909. The van der Waals surface area contributed by atoms with E-state index in [1.54, 1.807) is 0 Å². The molecule has 2 aliphatic rings. The molecule has 2 rings (SSSR count). The van der Waals surface area contributed by atoms with Crippen LogP contribution < -0.4 is 0 Å². The van der Waals surface area contributed by atoms with Crippen molar-refractivity contribution in [1.29, 1.82) is 0 Å². The number of halogens is 1. The third kappa shape index (κ3) is 2.94. The minimum atomic E-state index is -2.98. The summed E-state index contributed by atoms with van der Waals surface area (Å²) in [6.45, 7) is 0.729. The van der Waals surface area contributed by atoms with Gasteiger partial charge in [-0.2, -0.15) is 0 Å². The van der Waals surface area contributed by atoms with Crippen molar-refractivity contribution in [1.82, 2.24) is 4.90 Å². The van der Waals surface area contributed by atoms with Crippen molar-refractivity contribution in [2.24, 2.45) is 5.92 Å². The number of piperidine rings is 1. The zero-order valence-electron chi connectivity index (χ0n) is 9.77. The predicted octanol–water partition coefficient (Wildman–Crippen LogP) is 1.04. The van der Waals surface area contributed by atoms with Gasteiger partial charge in [-0.05, 0) is 25.7 Å². The molecule has 0 aromatic heterocycles. The number of hydrogen-bond donors (Lipinski definition) is 0. The van der Waals surface area contributed by atoms with Crippen molar-refractivity contribution >= 4 is 27.3 Å². The van der Waals surface area contributed by atoms with Crippen molar-refractivity contribution in [3.8, 4) is 0 Å². The van der Waals surface area contributed by atoms with E-state index in [1.807, 2.05) is 4.90 Å². The third-order valence-electron chi connectivity index (χ3n) is 3.67. The highest BCUT2D eigenvalue weighted by molar-refractivity contribution is 7.91. The van der Waals surface area contributed by atoms with E-state index in [1.165, 1.54) is 0 Å². The molecule has 0 aromatic rings. The molecule has 1 amide bonds. The molecule has 0 aliphatic carbocycles.